The summed E-state index contributed by atoms with van der Waals surface area (Å²) >= 11 is 5.71. The summed E-state index contributed by atoms with van der Waals surface area (Å²) in [6, 6.07) is 4.01. The van der Waals surface area contributed by atoms with Crippen LogP contribution in [0.3, 0.4) is 0 Å². The molecule has 0 unspecified atom stereocenters. The largest absolute Gasteiger partial charge is 0.573 e. The number of aromatic nitrogens is 2. The highest BCUT2D eigenvalue weighted by atomic mass is 35.5. The molecule has 0 saturated carbocycles. The van der Waals surface area contributed by atoms with Crippen molar-refractivity contribution in [2.24, 2.45) is 5.73 Å². The van der Waals surface area contributed by atoms with Gasteiger partial charge in [-0.25, -0.2) is 14.8 Å². The third-order valence-corrected chi connectivity index (χ3v) is 3.65. The lowest BCUT2D eigenvalue weighted by Gasteiger charge is -2.12. The molecule has 26 heavy (non-hydrogen) atoms. The number of ether oxygens (including phenoxy) is 1. The Kier molecular flexibility index (Phi) is 5.71. The number of hydrogen-bond acceptors (Lipinski definition) is 5. The first-order chi connectivity index (χ1) is 12.1. The van der Waals surface area contributed by atoms with Crippen LogP contribution in [0.1, 0.15) is 22.6 Å². The highest BCUT2D eigenvalue weighted by Crippen LogP contribution is 2.31. The number of nitrogens with two attached hydrogens (primary N) is 1. The number of alkyl halides is 3. The zero-order chi connectivity index (χ0) is 19.5. The maximum atomic E-state index is 12.4. The van der Waals surface area contributed by atoms with Crippen LogP contribution in [0.5, 0.6) is 5.75 Å². The van der Waals surface area contributed by atoms with Gasteiger partial charge in [-0.15, -0.1) is 13.2 Å². The summed E-state index contributed by atoms with van der Waals surface area (Å²) in [5, 5.41) is 8.85. The Bertz CT molecular complexity index is 870. The summed E-state index contributed by atoms with van der Waals surface area (Å²) in [5.41, 5.74) is 6.54. The minimum absolute atomic E-state index is 0.0570. The lowest BCUT2D eigenvalue weighted by Crippen LogP contribution is -2.17. The van der Waals surface area contributed by atoms with E-state index in [2.05, 4.69) is 14.7 Å². The van der Waals surface area contributed by atoms with Gasteiger partial charge in [-0.2, -0.15) is 0 Å². The second-order valence-electron chi connectivity index (χ2n) is 5.18. The number of carbonyl (C=O) groups is 1. The number of aliphatic carboxylic acids is 1. The van der Waals surface area contributed by atoms with E-state index < -0.39 is 18.1 Å². The van der Waals surface area contributed by atoms with Crippen molar-refractivity contribution in [3.8, 4) is 5.75 Å². The SMILES string of the molecule is Cc1nc(/C(=C\N)C(=O)O)ncc1Cc1ccc(Cl)c(OC(F)(F)F)c1. The zero-order valence-corrected chi connectivity index (χ0v) is 14.1. The van der Waals surface area contributed by atoms with E-state index in [0.717, 1.165) is 6.20 Å². The Morgan fingerprint density at radius 1 is 1.42 bits per heavy atom. The fraction of sp³-hybridized carbons (Fsp3) is 0.188. The van der Waals surface area contributed by atoms with Crippen molar-refractivity contribution < 1.29 is 27.8 Å². The predicted octanol–water partition coefficient (Wildman–Crippen LogP) is 3.31. The lowest BCUT2D eigenvalue weighted by atomic mass is 10.0. The number of hydrogen-bond donors (Lipinski definition) is 2. The highest BCUT2D eigenvalue weighted by molar-refractivity contribution is 6.32. The Morgan fingerprint density at radius 3 is 2.65 bits per heavy atom. The first kappa shape index (κ1) is 19.5. The smallest absolute Gasteiger partial charge is 0.477 e. The Morgan fingerprint density at radius 2 is 2.12 bits per heavy atom. The van der Waals surface area contributed by atoms with Crippen molar-refractivity contribution in [2.45, 2.75) is 19.7 Å². The van der Waals surface area contributed by atoms with Crippen LogP contribution in [0.2, 0.25) is 5.02 Å². The Labute approximate surface area is 151 Å². The van der Waals surface area contributed by atoms with Crippen molar-refractivity contribution in [2.75, 3.05) is 0 Å². The molecule has 2 aromatic rings. The molecule has 0 bridgehead atoms. The fourth-order valence-electron chi connectivity index (χ4n) is 2.12. The van der Waals surface area contributed by atoms with E-state index in [1.165, 1.54) is 18.3 Å². The molecule has 138 valence electrons. The second-order valence-corrected chi connectivity index (χ2v) is 5.59. The minimum atomic E-state index is -4.86. The maximum Gasteiger partial charge on any atom is 0.573 e. The van der Waals surface area contributed by atoms with Crippen molar-refractivity contribution in [1.82, 2.24) is 9.97 Å². The van der Waals surface area contributed by atoms with Crippen molar-refractivity contribution >= 4 is 23.1 Å². The molecule has 1 aromatic carbocycles. The van der Waals surface area contributed by atoms with E-state index in [4.69, 9.17) is 22.4 Å². The van der Waals surface area contributed by atoms with Gasteiger partial charge >= 0.3 is 12.3 Å². The highest BCUT2D eigenvalue weighted by Gasteiger charge is 2.32. The fourth-order valence-corrected chi connectivity index (χ4v) is 2.27. The monoisotopic (exact) mass is 387 g/mol. The maximum absolute atomic E-state index is 12.4. The summed E-state index contributed by atoms with van der Waals surface area (Å²) in [6.07, 6.45) is -2.38. The first-order valence-corrected chi connectivity index (χ1v) is 7.50. The number of nitrogens with zero attached hydrogens (tertiary/aromatic N) is 2. The summed E-state index contributed by atoms with van der Waals surface area (Å²) in [5.74, 6) is -1.84. The normalized spacial score (nSPS) is 12.1. The van der Waals surface area contributed by atoms with Gasteiger partial charge in [0.05, 0.1) is 5.02 Å². The van der Waals surface area contributed by atoms with Crippen LogP contribution < -0.4 is 10.5 Å². The number of halogens is 4. The van der Waals surface area contributed by atoms with Crippen LogP contribution in [0.25, 0.3) is 5.57 Å². The van der Waals surface area contributed by atoms with Gasteiger partial charge in [-0.05, 0) is 30.2 Å². The summed E-state index contributed by atoms with van der Waals surface area (Å²) in [7, 11) is 0. The molecule has 0 aliphatic heterocycles. The molecule has 3 N–H and O–H groups in total. The molecular formula is C16H13ClF3N3O3. The first-order valence-electron chi connectivity index (χ1n) is 7.13. The van der Waals surface area contributed by atoms with Crippen LogP contribution in [-0.2, 0) is 11.2 Å². The topological polar surface area (TPSA) is 98.3 Å². The number of benzene rings is 1. The van der Waals surface area contributed by atoms with Gasteiger partial charge in [-0.1, -0.05) is 17.7 Å². The molecule has 0 aliphatic rings. The van der Waals surface area contributed by atoms with E-state index >= 15 is 0 Å². The van der Waals surface area contributed by atoms with Crippen molar-refractivity contribution in [1.29, 1.82) is 0 Å². The van der Waals surface area contributed by atoms with Gasteiger partial charge in [-0.3, -0.25) is 0 Å². The van der Waals surface area contributed by atoms with E-state index in [-0.39, 0.29) is 22.8 Å². The van der Waals surface area contributed by atoms with Crippen LogP contribution in [-0.4, -0.2) is 27.4 Å². The van der Waals surface area contributed by atoms with Gasteiger partial charge in [0.1, 0.15) is 11.3 Å². The minimum Gasteiger partial charge on any atom is -0.477 e. The summed E-state index contributed by atoms with van der Waals surface area (Å²) in [6.45, 7) is 1.62. The van der Waals surface area contributed by atoms with Crippen LogP contribution in [0, 0.1) is 6.92 Å². The van der Waals surface area contributed by atoms with Gasteiger partial charge in [0.2, 0.25) is 0 Å². The standard InChI is InChI=1S/C16H13ClF3N3O3/c1-8-10(7-22-14(23-8)11(6-21)15(24)25)4-9-2-3-12(17)13(5-9)26-16(18,19)20/h2-3,5-7H,4,21H2,1H3,(H,24,25)/b11-6+. The molecule has 1 heterocycles. The molecule has 0 spiro atoms. The van der Waals surface area contributed by atoms with Gasteiger partial charge in [0, 0.05) is 24.5 Å². The van der Waals surface area contributed by atoms with Gasteiger partial charge in [0.15, 0.2) is 5.82 Å². The molecule has 0 fully saturated rings. The van der Waals surface area contributed by atoms with E-state index in [9.17, 15) is 18.0 Å². The quantitative estimate of drug-likeness (QED) is 0.764. The molecule has 2 rings (SSSR count). The van der Waals surface area contributed by atoms with Gasteiger partial charge < -0.3 is 15.6 Å². The third-order valence-electron chi connectivity index (χ3n) is 3.33. The van der Waals surface area contributed by atoms with Crippen LogP contribution in [0.15, 0.2) is 30.6 Å². The molecule has 0 amide bonds. The second kappa shape index (κ2) is 7.61. The summed E-state index contributed by atoms with van der Waals surface area (Å²) in [4.78, 5) is 19.1. The van der Waals surface area contributed by atoms with E-state index in [0.29, 0.717) is 16.8 Å². The van der Waals surface area contributed by atoms with Crippen molar-refractivity contribution in [3.05, 3.63) is 58.3 Å². The molecule has 0 radical (unpaired) electrons. The van der Waals surface area contributed by atoms with Crippen molar-refractivity contribution in [3.63, 3.8) is 0 Å². The van der Waals surface area contributed by atoms with Gasteiger partial charge in [0.25, 0.3) is 0 Å². The predicted molar refractivity (Wildman–Crippen MR) is 87.5 cm³/mol. The average Bonchev–Trinajstić information content (AvgIpc) is 2.52. The van der Waals surface area contributed by atoms with E-state index in [1.54, 1.807) is 13.0 Å². The molecule has 0 saturated heterocycles. The molecular weight excluding hydrogens is 375 g/mol. The third kappa shape index (κ3) is 4.85. The summed E-state index contributed by atoms with van der Waals surface area (Å²) < 4.78 is 41.1. The average molecular weight is 388 g/mol. The van der Waals surface area contributed by atoms with E-state index in [1.807, 2.05) is 0 Å². The molecule has 10 heteroatoms. The molecule has 6 nitrogen and oxygen atoms in total. The zero-order valence-electron chi connectivity index (χ0n) is 13.3. The Balaban J connectivity index is 2.29. The van der Waals surface area contributed by atoms with Crippen LogP contribution >= 0.6 is 11.6 Å². The van der Waals surface area contributed by atoms with Crippen LogP contribution in [0.4, 0.5) is 13.2 Å². The lowest BCUT2D eigenvalue weighted by molar-refractivity contribution is -0.274. The Hall–Kier alpha value is -2.81. The number of aryl methyl sites for hydroxylation is 1. The number of carboxylic acid groups (broad SMARTS) is 1. The number of carboxylic acids is 1. The molecule has 0 aliphatic carbocycles. The number of rotatable bonds is 5. The molecule has 0 atom stereocenters. The molecule has 1 aromatic heterocycles.